The van der Waals surface area contributed by atoms with Crippen LogP contribution < -0.4 is 0 Å². The highest BCUT2D eigenvalue weighted by Gasteiger charge is 2.24. The van der Waals surface area contributed by atoms with Crippen LogP contribution in [0.2, 0.25) is 0 Å². The van der Waals surface area contributed by atoms with Crippen molar-refractivity contribution >= 4 is 17.2 Å². The minimum Gasteiger partial charge on any atom is -0.459 e. The van der Waals surface area contributed by atoms with Crippen LogP contribution in [0.4, 0.5) is 0 Å². The number of nitrogens with zero attached hydrogens (tertiary/aromatic N) is 3. The summed E-state index contributed by atoms with van der Waals surface area (Å²) in [7, 11) is 0. The predicted octanol–water partition coefficient (Wildman–Crippen LogP) is 4.48. The van der Waals surface area contributed by atoms with E-state index in [0.29, 0.717) is 11.7 Å². The molecule has 0 N–H and O–H groups in total. The molecule has 1 amide bonds. The fraction of sp³-hybridized carbons (Fsp3) is 0.364. The van der Waals surface area contributed by atoms with Crippen molar-refractivity contribution in [1.82, 2.24) is 14.8 Å². The molecular formula is C22H25N3O2S. The van der Waals surface area contributed by atoms with Gasteiger partial charge in [-0.15, -0.1) is 11.3 Å². The quantitative estimate of drug-likeness (QED) is 0.639. The summed E-state index contributed by atoms with van der Waals surface area (Å²) in [5, 5.41) is 1.07. The number of hydrogen-bond donors (Lipinski definition) is 0. The van der Waals surface area contributed by atoms with Gasteiger partial charge in [-0.05, 0) is 23.6 Å². The molecule has 0 aliphatic carbocycles. The second-order valence-electron chi connectivity index (χ2n) is 7.45. The average Bonchev–Trinajstić information content (AvgIpc) is 3.40. The molecule has 0 radical (unpaired) electrons. The number of furan rings is 1. The van der Waals surface area contributed by atoms with Gasteiger partial charge in [0.1, 0.15) is 5.01 Å². The van der Waals surface area contributed by atoms with Crippen LogP contribution >= 0.6 is 11.3 Å². The zero-order chi connectivity index (χ0) is 19.5. The summed E-state index contributed by atoms with van der Waals surface area (Å²) < 4.78 is 5.22. The number of aromatic nitrogens is 1. The van der Waals surface area contributed by atoms with Crippen LogP contribution in [0.25, 0.3) is 10.6 Å². The highest BCUT2D eigenvalue weighted by atomic mass is 32.1. The topological polar surface area (TPSA) is 49.6 Å². The first kappa shape index (κ1) is 18.9. The zero-order valence-electron chi connectivity index (χ0n) is 16.3. The van der Waals surface area contributed by atoms with Crippen LogP contribution in [-0.2, 0) is 6.54 Å². The van der Waals surface area contributed by atoms with E-state index in [2.05, 4.69) is 48.0 Å². The van der Waals surface area contributed by atoms with Gasteiger partial charge in [-0.3, -0.25) is 9.69 Å². The highest BCUT2D eigenvalue weighted by Crippen LogP contribution is 2.27. The molecule has 3 heterocycles. The van der Waals surface area contributed by atoms with Gasteiger partial charge in [0.15, 0.2) is 5.76 Å². The molecule has 146 valence electrons. The summed E-state index contributed by atoms with van der Waals surface area (Å²) in [4.78, 5) is 22.5. The molecule has 0 atom stereocenters. The van der Waals surface area contributed by atoms with E-state index >= 15 is 0 Å². The molecule has 28 heavy (non-hydrogen) atoms. The Morgan fingerprint density at radius 2 is 1.89 bits per heavy atom. The van der Waals surface area contributed by atoms with Crippen molar-refractivity contribution in [1.29, 1.82) is 0 Å². The van der Waals surface area contributed by atoms with Crippen molar-refractivity contribution < 1.29 is 9.21 Å². The van der Waals surface area contributed by atoms with E-state index in [1.807, 2.05) is 11.1 Å². The van der Waals surface area contributed by atoms with Crippen LogP contribution in [0, 0.1) is 0 Å². The summed E-state index contributed by atoms with van der Waals surface area (Å²) in [5.41, 5.74) is 2.53. The summed E-state index contributed by atoms with van der Waals surface area (Å²) in [5.74, 6) is 0.942. The standard InChI is InChI=1S/C22H25N3O2S/c1-16(2)17-5-7-18(8-6-17)21-23-14-19(28-21)15-24-9-11-25(12-10-24)22(26)20-4-3-13-27-20/h3-8,13-14,16H,9-12,15H2,1-2H3. The van der Waals surface area contributed by atoms with E-state index in [0.717, 1.165) is 37.7 Å². The molecule has 1 aliphatic heterocycles. The van der Waals surface area contributed by atoms with Gasteiger partial charge in [-0.2, -0.15) is 0 Å². The van der Waals surface area contributed by atoms with Crippen molar-refractivity contribution in [3.8, 4) is 10.6 Å². The molecular weight excluding hydrogens is 370 g/mol. The lowest BCUT2D eigenvalue weighted by atomic mass is 10.0. The van der Waals surface area contributed by atoms with Crippen LogP contribution in [-0.4, -0.2) is 46.9 Å². The van der Waals surface area contributed by atoms with E-state index in [4.69, 9.17) is 4.42 Å². The predicted molar refractivity (Wildman–Crippen MR) is 112 cm³/mol. The first-order valence-corrected chi connectivity index (χ1v) is 10.5. The fourth-order valence-corrected chi connectivity index (χ4v) is 4.37. The molecule has 1 saturated heterocycles. The molecule has 1 aromatic carbocycles. The maximum Gasteiger partial charge on any atom is 0.289 e. The molecule has 2 aromatic heterocycles. The van der Waals surface area contributed by atoms with Gasteiger partial charge in [0, 0.05) is 49.4 Å². The zero-order valence-corrected chi connectivity index (χ0v) is 17.1. The number of carbonyl (C=O) groups excluding carboxylic acids is 1. The molecule has 1 aliphatic rings. The Balaban J connectivity index is 1.33. The Kier molecular flexibility index (Phi) is 5.59. The van der Waals surface area contributed by atoms with E-state index in [1.165, 1.54) is 16.0 Å². The summed E-state index contributed by atoms with van der Waals surface area (Å²) in [6.07, 6.45) is 3.53. The highest BCUT2D eigenvalue weighted by molar-refractivity contribution is 7.15. The lowest BCUT2D eigenvalue weighted by Gasteiger charge is -2.33. The Hall–Kier alpha value is -2.44. The first-order chi connectivity index (χ1) is 13.6. The van der Waals surface area contributed by atoms with Gasteiger partial charge in [0.2, 0.25) is 0 Å². The van der Waals surface area contributed by atoms with Gasteiger partial charge in [-0.25, -0.2) is 4.98 Å². The summed E-state index contributed by atoms with van der Waals surface area (Å²) >= 11 is 1.75. The molecule has 0 spiro atoms. The minimum atomic E-state index is -0.0189. The Labute approximate surface area is 169 Å². The second-order valence-corrected chi connectivity index (χ2v) is 8.57. The number of rotatable bonds is 5. The maximum absolute atomic E-state index is 12.4. The Morgan fingerprint density at radius 3 is 2.54 bits per heavy atom. The molecule has 0 bridgehead atoms. The second kappa shape index (κ2) is 8.29. The lowest BCUT2D eigenvalue weighted by Crippen LogP contribution is -2.48. The van der Waals surface area contributed by atoms with Crippen LogP contribution in [0.3, 0.4) is 0 Å². The fourth-order valence-electron chi connectivity index (χ4n) is 3.41. The number of carbonyl (C=O) groups is 1. The molecule has 4 rings (SSSR count). The van der Waals surface area contributed by atoms with Gasteiger partial charge in [0.25, 0.3) is 5.91 Å². The van der Waals surface area contributed by atoms with Gasteiger partial charge in [-0.1, -0.05) is 38.1 Å². The Morgan fingerprint density at radius 1 is 1.14 bits per heavy atom. The van der Waals surface area contributed by atoms with E-state index in [-0.39, 0.29) is 5.91 Å². The van der Waals surface area contributed by atoms with E-state index < -0.39 is 0 Å². The van der Waals surface area contributed by atoms with Gasteiger partial charge in [0.05, 0.1) is 6.26 Å². The van der Waals surface area contributed by atoms with E-state index in [1.54, 1.807) is 29.7 Å². The SMILES string of the molecule is CC(C)c1ccc(-c2ncc(CN3CCN(C(=O)c4ccco4)CC3)s2)cc1. The Bertz CT molecular complexity index is 908. The van der Waals surface area contributed by atoms with Crippen molar-refractivity contribution in [3.05, 3.63) is 65.1 Å². The van der Waals surface area contributed by atoms with Crippen molar-refractivity contribution in [2.24, 2.45) is 0 Å². The van der Waals surface area contributed by atoms with Crippen molar-refractivity contribution in [2.45, 2.75) is 26.3 Å². The summed E-state index contributed by atoms with van der Waals surface area (Å²) in [6.45, 7) is 8.47. The number of benzene rings is 1. The van der Waals surface area contributed by atoms with Crippen LogP contribution in [0.5, 0.6) is 0 Å². The van der Waals surface area contributed by atoms with Crippen molar-refractivity contribution in [2.75, 3.05) is 26.2 Å². The number of piperazine rings is 1. The number of thiazole rings is 1. The number of hydrogen-bond acceptors (Lipinski definition) is 5. The molecule has 6 heteroatoms. The minimum absolute atomic E-state index is 0.0189. The number of amides is 1. The van der Waals surface area contributed by atoms with Gasteiger partial charge >= 0.3 is 0 Å². The molecule has 0 unspecified atom stereocenters. The van der Waals surface area contributed by atoms with E-state index in [9.17, 15) is 4.79 Å². The normalized spacial score (nSPS) is 15.3. The smallest absolute Gasteiger partial charge is 0.289 e. The monoisotopic (exact) mass is 395 g/mol. The maximum atomic E-state index is 12.4. The van der Waals surface area contributed by atoms with Gasteiger partial charge < -0.3 is 9.32 Å². The lowest BCUT2D eigenvalue weighted by molar-refractivity contribution is 0.0599. The molecule has 5 nitrogen and oxygen atoms in total. The third-order valence-electron chi connectivity index (χ3n) is 5.15. The summed E-state index contributed by atoms with van der Waals surface area (Å²) in [6, 6.07) is 12.2. The molecule has 3 aromatic rings. The largest absolute Gasteiger partial charge is 0.459 e. The third-order valence-corrected chi connectivity index (χ3v) is 6.18. The van der Waals surface area contributed by atoms with Crippen molar-refractivity contribution in [3.63, 3.8) is 0 Å². The van der Waals surface area contributed by atoms with Crippen LogP contribution in [0.1, 0.15) is 40.8 Å². The average molecular weight is 396 g/mol. The van der Waals surface area contributed by atoms with Crippen LogP contribution in [0.15, 0.2) is 53.3 Å². The third kappa shape index (κ3) is 4.18. The molecule has 1 fully saturated rings. The first-order valence-electron chi connectivity index (χ1n) is 9.70. The molecule has 0 saturated carbocycles.